The van der Waals surface area contributed by atoms with E-state index < -0.39 is 0 Å². The predicted octanol–water partition coefficient (Wildman–Crippen LogP) is 4.72. The van der Waals surface area contributed by atoms with E-state index in [1.165, 1.54) is 0 Å². The van der Waals surface area contributed by atoms with Crippen LogP contribution in [-0.2, 0) is 0 Å². The summed E-state index contributed by atoms with van der Waals surface area (Å²) in [6, 6.07) is 20.0. The van der Waals surface area contributed by atoms with E-state index in [9.17, 15) is 4.79 Å². The van der Waals surface area contributed by atoms with Gasteiger partial charge in [-0.1, -0.05) is 54.6 Å². The van der Waals surface area contributed by atoms with Crippen LogP contribution in [0.25, 0.3) is 21.9 Å². The van der Waals surface area contributed by atoms with Gasteiger partial charge in [-0.05, 0) is 29.3 Å². The van der Waals surface area contributed by atoms with Gasteiger partial charge in [0.1, 0.15) is 5.75 Å². The van der Waals surface area contributed by atoms with Gasteiger partial charge in [0.05, 0.1) is 12.7 Å². The molecule has 0 aliphatic carbocycles. The standard InChI is InChI=1S/C19H16O2/c1-13(20)18-16-11-7-6-10-15(16)12-17(19(18)21-2)14-8-4-3-5-9-14/h3-12H,1-2H3. The molecular formula is C19H16O2. The summed E-state index contributed by atoms with van der Waals surface area (Å²) >= 11 is 0. The number of fused-ring (bicyclic) bond motifs is 1. The third-order valence-corrected chi connectivity index (χ3v) is 3.64. The van der Waals surface area contributed by atoms with E-state index >= 15 is 0 Å². The predicted molar refractivity (Wildman–Crippen MR) is 85.9 cm³/mol. The smallest absolute Gasteiger partial charge is 0.164 e. The Hall–Kier alpha value is -2.61. The number of hydrogen-bond donors (Lipinski definition) is 0. The Morgan fingerprint density at radius 2 is 1.62 bits per heavy atom. The molecule has 21 heavy (non-hydrogen) atoms. The van der Waals surface area contributed by atoms with Crippen LogP contribution in [0.15, 0.2) is 60.7 Å². The van der Waals surface area contributed by atoms with E-state index in [0.717, 1.165) is 21.9 Å². The van der Waals surface area contributed by atoms with Crippen molar-refractivity contribution in [3.63, 3.8) is 0 Å². The molecule has 0 bridgehead atoms. The maximum Gasteiger partial charge on any atom is 0.164 e. The highest BCUT2D eigenvalue weighted by atomic mass is 16.5. The zero-order valence-corrected chi connectivity index (χ0v) is 12.1. The van der Waals surface area contributed by atoms with Crippen molar-refractivity contribution in [3.8, 4) is 16.9 Å². The number of methoxy groups -OCH3 is 1. The first-order valence-electron chi connectivity index (χ1n) is 6.88. The summed E-state index contributed by atoms with van der Waals surface area (Å²) in [5, 5.41) is 1.98. The largest absolute Gasteiger partial charge is 0.495 e. The first kappa shape index (κ1) is 13.4. The van der Waals surface area contributed by atoms with Gasteiger partial charge in [-0.25, -0.2) is 0 Å². The average Bonchev–Trinajstić information content (AvgIpc) is 2.53. The van der Waals surface area contributed by atoms with Gasteiger partial charge >= 0.3 is 0 Å². The molecule has 0 amide bonds. The molecule has 0 saturated heterocycles. The molecule has 0 aromatic heterocycles. The summed E-state index contributed by atoms with van der Waals surface area (Å²) in [4.78, 5) is 12.1. The van der Waals surface area contributed by atoms with E-state index in [0.29, 0.717) is 11.3 Å². The minimum Gasteiger partial charge on any atom is -0.495 e. The van der Waals surface area contributed by atoms with Gasteiger partial charge in [0.2, 0.25) is 0 Å². The first-order valence-corrected chi connectivity index (χ1v) is 6.88. The van der Waals surface area contributed by atoms with Crippen molar-refractivity contribution in [3.05, 3.63) is 66.2 Å². The third-order valence-electron chi connectivity index (χ3n) is 3.64. The summed E-state index contributed by atoms with van der Waals surface area (Å²) in [7, 11) is 1.61. The van der Waals surface area contributed by atoms with Crippen molar-refractivity contribution >= 4 is 16.6 Å². The topological polar surface area (TPSA) is 26.3 Å². The molecule has 0 atom stereocenters. The van der Waals surface area contributed by atoms with Crippen molar-refractivity contribution in [1.29, 1.82) is 0 Å². The second-order valence-electron chi connectivity index (χ2n) is 4.98. The van der Waals surface area contributed by atoms with Crippen LogP contribution in [0.2, 0.25) is 0 Å². The molecule has 3 rings (SSSR count). The first-order chi connectivity index (χ1) is 10.2. The number of ketones is 1. The van der Waals surface area contributed by atoms with Crippen molar-refractivity contribution in [2.24, 2.45) is 0 Å². The zero-order valence-electron chi connectivity index (χ0n) is 12.1. The van der Waals surface area contributed by atoms with Crippen LogP contribution in [0.1, 0.15) is 17.3 Å². The van der Waals surface area contributed by atoms with Gasteiger partial charge in [-0.2, -0.15) is 0 Å². The summed E-state index contributed by atoms with van der Waals surface area (Å²) in [6.07, 6.45) is 0. The van der Waals surface area contributed by atoms with E-state index in [1.807, 2.05) is 54.6 Å². The monoisotopic (exact) mass is 276 g/mol. The molecule has 2 nitrogen and oxygen atoms in total. The molecule has 0 unspecified atom stereocenters. The van der Waals surface area contributed by atoms with Gasteiger partial charge in [-0.15, -0.1) is 0 Å². The molecular weight excluding hydrogens is 260 g/mol. The summed E-state index contributed by atoms with van der Waals surface area (Å²) in [5.74, 6) is 0.660. The SMILES string of the molecule is COc1c(-c2ccccc2)cc2ccccc2c1C(C)=O. The van der Waals surface area contributed by atoms with E-state index in [2.05, 4.69) is 6.07 Å². The fourth-order valence-electron chi connectivity index (χ4n) is 2.72. The summed E-state index contributed by atoms with van der Waals surface area (Å²) in [6.45, 7) is 1.58. The van der Waals surface area contributed by atoms with Gasteiger partial charge in [-0.3, -0.25) is 4.79 Å². The number of rotatable bonds is 3. The lowest BCUT2D eigenvalue weighted by Gasteiger charge is -2.15. The highest BCUT2D eigenvalue weighted by Crippen LogP contribution is 2.38. The van der Waals surface area contributed by atoms with Gasteiger partial charge < -0.3 is 4.74 Å². The lowest BCUT2D eigenvalue weighted by molar-refractivity contribution is 0.101. The Bertz CT molecular complexity index is 804. The molecule has 0 aliphatic rings. The lowest BCUT2D eigenvalue weighted by atomic mass is 9.93. The minimum atomic E-state index is 0.0147. The van der Waals surface area contributed by atoms with Crippen LogP contribution in [0.5, 0.6) is 5.75 Å². The van der Waals surface area contributed by atoms with E-state index in [-0.39, 0.29) is 5.78 Å². The number of carbonyl (C=O) groups is 1. The molecule has 0 fully saturated rings. The maximum atomic E-state index is 12.1. The number of hydrogen-bond acceptors (Lipinski definition) is 2. The summed E-state index contributed by atoms with van der Waals surface area (Å²) in [5.41, 5.74) is 2.64. The maximum absolute atomic E-state index is 12.1. The highest BCUT2D eigenvalue weighted by Gasteiger charge is 2.18. The minimum absolute atomic E-state index is 0.0147. The molecule has 0 aliphatic heterocycles. The van der Waals surface area contributed by atoms with Crippen LogP contribution in [0.4, 0.5) is 0 Å². The molecule has 2 heteroatoms. The van der Waals surface area contributed by atoms with Crippen LogP contribution >= 0.6 is 0 Å². The van der Waals surface area contributed by atoms with Gasteiger partial charge in [0.15, 0.2) is 5.78 Å². The van der Waals surface area contributed by atoms with Crippen molar-refractivity contribution in [2.45, 2.75) is 6.92 Å². The van der Waals surface area contributed by atoms with Crippen molar-refractivity contribution in [2.75, 3.05) is 7.11 Å². The fourth-order valence-corrected chi connectivity index (χ4v) is 2.72. The average molecular weight is 276 g/mol. The molecule has 3 aromatic rings. The van der Waals surface area contributed by atoms with Crippen LogP contribution in [-0.4, -0.2) is 12.9 Å². The Morgan fingerprint density at radius 3 is 2.29 bits per heavy atom. The van der Waals surface area contributed by atoms with Crippen LogP contribution < -0.4 is 4.74 Å². The Balaban J connectivity index is 2.43. The number of ether oxygens (including phenoxy) is 1. The summed E-state index contributed by atoms with van der Waals surface area (Å²) < 4.78 is 5.58. The quantitative estimate of drug-likeness (QED) is 0.647. The number of carbonyl (C=O) groups excluding carboxylic acids is 1. The molecule has 0 heterocycles. The normalized spacial score (nSPS) is 10.6. The lowest BCUT2D eigenvalue weighted by Crippen LogP contribution is -2.01. The van der Waals surface area contributed by atoms with Gasteiger partial charge in [0.25, 0.3) is 0 Å². The number of Topliss-reactive ketones (excluding diaryl/α,β-unsaturated/α-hetero) is 1. The van der Waals surface area contributed by atoms with Crippen LogP contribution in [0.3, 0.4) is 0 Å². The molecule has 0 radical (unpaired) electrons. The second kappa shape index (κ2) is 5.41. The fraction of sp³-hybridized carbons (Fsp3) is 0.105. The van der Waals surface area contributed by atoms with Crippen molar-refractivity contribution < 1.29 is 9.53 Å². The van der Waals surface area contributed by atoms with E-state index in [4.69, 9.17) is 4.74 Å². The Kier molecular flexibility index (Phi) is 3.44. The molecule has 0 N–H and O–H groups in total. The Morgan fingerprint density at radius 1 is 0.952 bits per heavy atom. The third kappa shape index (κ3) is 2.29. The highest BCUT2D eigenvalue weighted by molar-refractivity contribution is 6.12. The molecule has 0 saturated carbocycles. The second-order valence-corrected chi connectivity index (χ2v) is 4.98. The van der Waals surface area contributed by atoms with Gasteiger partial charge in [0, 0.05) is 5.56 Å². The molecule has 104 valence electrons. The molecule has 3 aromatic carbocycles. The molecule has 0 spiro atoms. The zero-order chi connectivity index (χ0) is 14.8. The Labute approximate surface area is 124 Å². The number of benzene rings is 3. The van der Waals surface area contributed by atoms with E-state index in [1.54, 1.807) is 14.0 Å². The van der Waals surface area contributed by atoms with Crippen LogP contribution in [0, 0.1) is 0 Å². The van der Waals surface area contributed by atoms with Crippen molar-refractivity contribution in [1.82, 2.24) is 0 Å².